The minimum absolute atomic E-state index is 0. The summed E-state index contributed by atoms with van der Waals surface area (Å²) in [7, 11) is 0. The van der Waals surface area contributed by atoms with Crippen molar-refractivity contribution >= 4 is 41.5 Å². The summed E-state index contributed by atoms with van der Waals surface area (Å²) in [5, 5.41) is 13.5. The van der Waals surface area contributed by atoms with E-state index in [0.717, 1.165) is 17.8 Å². The van der Waals surface area contributed by atoms with Gasteiger partial charge in [0.2, 0.25) is 11.8 Å². The number of nitrogens with zero attached hydrogens (tertiary/aromatic N) is 3. The molecule has 158 valence electrons. The summed E-state index contributed by atoms with van der Waals surface area (Å²) in [5.41, 5.74) is 1.83. The highest BCUT2D eigenvalue weighted by Gasteiger charge is 2.25. The first-order valence-corrected chi connectivity index (χ1v) is 9.61. The summed E-state index contributed by atoms with van der Waals surface area (Å²) >= 11 is 0. The number of para-hydroxylation sites is 1. The van der Waals surface area contributed by atoms with Crippen molar-refractivity contribution in [1.82, 2.24) is 20.8 Å². The zero-order valence-corrected chi connectivity index (χ0v) is 19.6. The fourth-order valence-corrected chi connectivity index (χ4v) is 3.02. The molecule has 8 nitrogen and oxygen atoms in total. The minimum Gasteiger partial charge on any atom is -0.357 e. The van der Waals surface area contributed by atoms with Crippen LogP contribution in [0.1, 0.15) is 57.3 Å². The Morgan fingerprint density at radius 2 is 2.07 bits per heavy atom. The minimum atomic E-state index is -0.188. The van der Waals surface area contributed by atoms with E-state index in [1.165, 1.54) is 0 Å². The Kier molecular flexibility index (Phi) is 8.00. The van der Waals surface area contributed by atoms with Gasteiger partial charge in [0.15, 0.2) is 11.8 Å². The van der Waals surface area contributed by atoms with Crippen molar-refractivity contribution in [2.75, 3.05) is 18.4 Å². The van der Waals surface area contributed by atoms with Crippen LogP contribution in [0.5, 0.6) is 0 Å². The number of guanidine groups is 1. The van der Waals surface area contributed by atoms with Crippen molar-refractivity contribution in [3.63, 3.8) is 0 Å². The molecule has 0 fully saturated rings. The number of amides is 1. The molecule has 0 radical (unpaired) electrons. The smallest absolute Gasteiger partial charge is 0.232 e. The lowest BCUT2D eigenvalue weighted by Crippen LogP contribution is -2.40. The van der Waals surface area contributed by atoms with Crippen molar-refractivity contribution in [3.05, 3.63) is 41.5 Å². The van der Waals surface area contributed by atoms with Crippen LogP contribution in [0, 0.1) is 0 Å². The molecule has 9 heteroatoms. The van der Waals surface area contributed by atoms with Gasteiger partial charge < -0.3 is 20.5 Å². The monoisotopic (exact) mass is 512 g/mol. The van der Waals surface area contributed by atoms with Gasteiger partial charge in [-0.1, -0.05) is 44.1 Å². The number of hydrogen-bond donors (Lipinski definition) is 3. The highest BCUT2D eigenvalue weighted by atomic mass is 127. The normalized spacial score (nSPS) is 16.5. The van der Waals surface area contributed by atoms with Gasteiger partial charge in [-0.05, 0) is 18.6 Å². The molecule has 2 heterocycles. The third-order valence-electron chi connectivity index (χ3n) is 4.45. The Balaban J connectivity index is 0.00000300. The second kappa shape index (κ2) is 10.0. The Morgan fingerprint density at radius 3 is 2.76 bits per heavy atom. The molecule has 1 aromatic carbocycles. The van der Waals surface area contributed by atoms with E-state index < -0.39 is 0 Å². The van der Waals surface area contributed by atoms with Gasteiger partial charge in [-0.25, -0.2) is 4.99 Å². The van der Waals surface area contributed by atoms with E-state index in [0.29, 0.717) is 37.2 Å². The zero-order chi connectivity index (χ0) is 20.1. The van der Waals surface area contributed by atoms with E-state index in [-0.39, 0.29) is 41.2 Å². The van der Waals surface area contributed by atoms with Crippen LogP contribution in [0.3, 0.4) is 0 Å². The lowest BCUT2D eigenvalue weighted by atomic mass is 9.90. The summed E-state index contributed by atoms with van der Waals surface area (Å²) in [6, 6.07) is 7.91. The molecular weight excluding hydrogens is 483 g/mol. The predicted octanol–water partition coefficient (Wildman–Crippen LogP) is 3.17. The maximum Gasteiger partial charge on any atom is 0.232 e. The second-order valence-electron chi connectivity index (χ2n) is 7.88. The summed E-state index contributed by atoms with van der Waals surface area (Å²) < 4.78 is 5.31. The molecule has 0 spiro atoms. The van der Waals surface area contributed by atoms with Crippen LogP contribution in [0.15, 0.2) is 33.8 Å². The van der Waals surface area contributed by atoms with Crippen LogP contribution in [-0.2, 0) is 16.8 Å². The number of rotatable bonds is 5. The number of hydrogen-bond acceptors (Lipinski definition) is 5. The van der Waals surface area contributed by atoms with Gasteiger partial charge in [-0.3, -0.25) is 4.79 Å². The van der Waals surface area contributed by atoms with Crippen LogP contribution in [0.2, 0.25) is 0 Å². The first-order chi connectivity index (χ1) is 13.4. The standard InChI is InChI=1S/C20H28N6O2.HI/c1-5-21-19(23-12-16-25-18(28-26-16)20(2,3)4)22-11-13-10-17(27)24-15-9-7-6-8-14(13)15;/h6-9,13H,5,10-12H2,1-4H3,(H,24,27)(H2,21,22,23);1H. The molecular formula is C20H29IN6O2. The van der Waals surface area contributed by atoms with E-state index in [9.17, 15) is 4.79 Å². The van der Waals surface area contributed by atoms with Gasteiger partial charge in [-0.15, -0.1) is 24.0 Å². The summed E-state index contributed by atoms with van der Waals surface area (Å²) in [5.74, 6) is 1.93. The quantitative estimate of drug-likeness (QED) is 0.323. The molecule has 0 saturated carbocycles. The Hall–Kier alpha value is -2.17. The van der Waals surface area contributed by atoms with E-state index in [2.05, 4.69) is 37.1 Å². The van der Waals surface area contributed by atoms with Crippen molar-refractivity contribution in [3.8, 4) is 0 Å². The lowest BCUT2D eigenvalue weighted by Gasteiger charge is -2.26. The third kappa shape index (κ3) is 6.15. The Morgan fingerprint density at radius 1 is 1.31 bits per heavy atom. The summed E-state index contributed by atoms with van der Waals surface area (Å²) in [6.45, 7) is 9.73. The van der Waals surface area contributed by atoms with Crippen molar-refractivity contribution in [2.24, 2.45) is 4.99 Å². The number of aromatic nitrogens is 2. The van der Waals surface area contributed by atoms with Gasteiger partial charge in [0.1, 0.15) is 6.54 Å². The molecule has 2 aromatic rings. The molecule has 1 aromatic heterocycles. The highest BCUT2D eigenvalue weighted by Crippen LogP contribution is 2.31. The number of benzene rings is 1. The predicted molar refractivity (Wildman–Crippen MR) is 124 cm³/mol. The highest BCUT2D eigenvalue weighted by molar-refractivity contribution is 14.0. The number of anilines is 1. The number of aliphatic imine (C=N–C) groups is 1. The molecule has 3 rings (SSSR count). The number of nitrogens with one attached hydrogen (secondary N) is 3. The van der Waals surface area contributed by atoms with Crippen molar-refractivity contribution < 1.29 is 9.32 Å². The molecule has 1 atom stereocenters. The first kappa shape index (κ1) is 23.1. The second-order valence-corrected chi connectivity index (χ2v) is 7.88. The van der Waals surface area contributed by atoms with Gasteiger partial charge in [0.05, 0.1) is 0 Å². The molecule has 29 heavy (non-hydrogen) atoms. The summed E-state index contributed by atoms with van der Waals surface area (Å²) in [4.78, 5) is 20.9. The number of carbonyl (C=O) groups is 1. The van der Waals surface area contributed by atoms with E-state index >= 15 is 0 Å². The van der Waals surface area contributed by atoms with Gasteiger partial charge in [0.25, 0.3) is 0 Å². The zero-order valence-electron chi connectivity index (χ0n) is 17.3. The topological polar surface area (TPSA) is 104 Å². The van der Waals surface area contributed by atoms with Crippen LogP contribution >= 0.6 is 24.0 Å². The number of fused-ring (bicyclic) bond motifs is 1. The molecule has 0 saturated heterocycles. The molecule has 0 bridgehead atoms. The molecule has 1 unspecified atom stereocenters. The lowest BCUT2D eigenvalue weighted by molar-refractivity contribution is -0.116. The molecule has 1 aliphatic heterocycles. The fourth-order valence-electron chi connectivity index (χ4n) is 3.02. The van der Waals surface area contributed by atoms with Crippen LogP contribution in [0.4, 0.5) is 5.69 Å². The van der Waals surface area contributed by atoms with Crippen molar-refractivity contribution in [2.45, 2.75) is 52.0 Å². The van der Waals surface area contributed by atoms with E-state index in [1.807, 2.05) is 45.9 Å². The largest absolute Gasteiger partial charge is 0.357 e. The van der Waals surface area contributed by atoms with Crippen LogP contribution < -0.4 is 16.0 Å². The maximum absolute atomic E-state index is 12.0. The van der Waals surface area contributed by atoms with Gasteiger partial charge in [-0.2, -0.15) is 4.98 Å². The average Bonchev–Trinajstić information content (AvgIpc) is 3.13. The maximum atomic E-state index is 12.0. The Bertz CT molecular complexity index is 859. The summed E-state index contributed by atoms with van der Waals surface area (Å²) in [6.07, 6.45) is 0.448. The number of carbonyl (C=O) groups excluding carboxylic acids is 1. The average molecular weight is 512 g/mol. The SMILES string of the molecule is CCNC(=NCc1noc(C(C)(C)C)n1)NCC1CC(=O)Nc2ccccc21.I. The molecule has 0 aliphatic carbocycles. The Labute approximate surface area is 188 Å². The van der Waals surface area contributed by atoms with Gasteiger partial charge >= 0.3 is 0 Å². The molecule has 1 amide bonds. The van der Waals surface area contributed by atoms with Crippen LogP contribution in [0.25, 0.3) is 0 Å². The fraction of sp³-hybridized carbons (Fsp3) is 0.500. The van der Waals surface area contributed by atoms with Crippen molar-refractivity contribution in [1.29, 1.82) is 0 Å². The van der Waals surface area contributed by atoms with E-state index in [4.69, 9.17) is 4.52 Å². The third-order valence-corrected chi connectivity index (χ3v) is 4.45. The van der Waals surface area contributed by atoms with E-state index in [1.54, 1.807) is 0 Å². The van der Waals surface area contributed by atoms with Crippen LogP contribution in [-0.4, -0.2) is 35.1 Å². The number of halogens is 1. The molecule has 1 aliphatic rings. The van der Waals surface area contributed by atoms with Gasteiger partial charge in [0, 0.05) is 36.5 Å². The first-order valence-electron chi connectivity index (χ1n) is 9.61. The molecule has 3 N–H and O–H groups in total.